The number of aromatic nitrogens is 1. The monoisotopic (exact) mass is 520 g/mol. The van der Waals surface area contributed by atoms with Crippen LogP contribution >= 0.6 is 11.6 Å². The molecule has 0 unspecified atom stereocenters. The molecule has 0 aliphatic carbocycles. The van der Waals surface area contributed by atoms with Gasteiger partial charge >= 0.3 is 0 Å². The predicted molar refractivity (Wildman–Crippen MR) is 129 cm³/mol. The summed E-state index contributed by atoms with van der Waals surface area (Å²) >= 11 is 6.37. The first-order chi connectivity index (χ1) is 16.5. The fraction of sp³-hybridized carbons (Fsp3) is 0.250. The van der Waals surface area contributed by atoms with E-state index in [2.05, 4.69) is 10.3 Å². The van der Waals surface area contributed by atoms with Crippen molar-refractivity contribution in [3.8, 4) is 0 Å². The lowest BCUT2D eigenvalue weighted by molar-refractivity contribution is 0.0713. The van der Waals surface area contributed by atoms with Gasteiger partial charge in [0.05, 0.1) is 11.3 Å². The molecule has 1 saturated heterocycles. The number of likely N-dealkylation sites (tertiary alicyclic amines) is 1. The minimum absolute atomic E-state index is 0.0195. The number of hydrogen-bond donors (Lipinski definition) is 2. The largest absolute Gasteiger partial charge is 0.353 e. The normalized spacial score (nSPS) is 14.7. The highest BCUT2D eigenvalue weighted by molar-refractivity contribution is 7.89. The minimum atomic E-state index is -4.27. The number of carbonyl (C=O) groups excluding carboxylic acids is 1. The average Bonchev–Trinajstić information content (AvgIpc) is 2.81. The maximum atomic E-state index is 13.6. The van der Waals surface area contributed by atoms with Crippen LogP contribution in [0.3, 0.4) is 0 Å². The van der Waals surface area contributed by atoms with E-state index in [1.54, 1.807) is 24.0 Å². The van der Waals surface area contributed by atoms with Gasteiger partial charge in [0.2, 0.25) is 0 Å². The van der Waals surface area contributed by atoms with Crippen LogP contribution in [0.5, 0.6) is 0 Å². The van der Waals surface area contributed by atoms with Crippen molar-refractivity contribution in [1.29, 1.82) is 0 Å². The van der Waals surface area contributed by atoms with E-state index in [0.717, 1.165) is 11.8 Å². The highest BCUT2D eigenvalue weighted by Gasteiger charge is 2.29. The number of anilines is 2. The molecule has 1 aliphatic heterocycles. The number of aryl methyl sites for hydroxylation is 1. The number of nitrogens with one attached hydrogen (secondary N) is 1. The standard InChI is InChI=1S/C24H23ClF2N4O3S/c1-14-12-18(27)6-7-20(14)30-22-19(13-29-23(21(22)25)35(28,33)34)24(32)31-10-8-16(9-11-31)15-2-4-17(26)5-3-15/h2-7,12-13,16H,8-11H2,1H3,(H,29,30)(H2,28,33,34). The van der Waals surface area contributed by atoms with Crippen molar-refractivity contribution in [2.75, 3.05) is 18.4 Å². The fourth-order valence-corrected chi connectivity index (χ4v) is 5.25. The topological polar surface area (TPSA) is 105 Å². The molecule has 11 heteroatoms. The summed E-state index contributed by atoms with van der Waals surface area (Å²) in [5.41, 5.74) is 2.05. The van der Waals surface area contributed by atoms with E-state index < -0.39 is 20.9 Å². The molecule has 2 heterocycles. The summed E-state index contributed by atoms with van der Waals surface area (Å²) in [6, 6.07) is 10.3. The number of halogens is 3. The lowest BCUT2D eigenvalue weighted by Crippen LogP contribution is -2.38. The van der Waals surface area contributed by atoms with E-state index in [4.69, 9.17) is 16.7 Å². The van der Waals surface area contributed by atoms with Crippen LogP contribution in [-0.4, -0.2) is 37.3 Å². The number of nitrogens with two attached hydrogens (primary N) is 1. The number of primary sulfonamides is 1. The van der Waals surface area contributed by atoms with Gasteiger partial charge in [-0.2, -0.15) is 0 Å². The van der Waals surface area contributed by atoms with Crippen LogP contribution in [0.1, 0.15) is 40.2 Å². The minimum Gasteiger partial charge on any atom is -0.353 e. The maximum Gasteiger partial charge on any atom is 0.257 e. The molecule has 7 nitrogen and oxygen atoms in total. The Labute approximate surface area is 207 Å². The number of pyridine rings is 1. The van der Waals surface area contributed by atoms with Gasteiger partial charge in [-0.05, 0) is 67.1 Å². The Hall–Kier alpha value is -3.08. The number of amides is 1. The second kappa shape index (κ2) is 9.88. The van der Waals surface area contributed by atoms with Crippen LogP contribution in [-0.2, 0) is 10.0 Å². The number of nitrogens with zero attached hydrogens (tertiary/aromatic N) is 2. The zero-order chi connectivity index (χ0) is 25.3. The summed E-state index contributed by atoms with van der Waals surface area (Å²) < 4.78 is 50.8. The van der Waals surface area contributed by atoms with E-state index in [0.29, 0.717) is 37.2 Å². The molecule has 2 aromatic carbocycles. The van der Waals surface area contributed by atoms with Gasteiger partial charge in [0.1, 0.15) is 16.7 Å². The number of hydrogen-bond acceptors (Lipinski definition) is 5. The van der Waals surface area contributed by atoms with E-state index in [-0.39, 0.29) is 33.9 Å². The predicted octanol–water partition coefficient (Wildman–Crippen LogP) is 4.73. The van der Waals surface area contributed by atoms with Crippen molar-refractivity contribution in [2.45, 2.75) is 30.7 Å². The summed E-state index contributed by atoms with van der Waals surface area (Å²) in [5.74, 6) is -0.949. The van der Waals surface area contributed by atoms with Crippen molar-refractivity contribution in [3.05, 3.63) is 82.0 Å². The Bertz CT molecular complexity index is 1380. The molecular weight excluding hydrogens is 498 g/mol. The van der Waals surface area contributed by atoms with Crippen LogP contribution in [0, 0.1) is 18.6 Å². The SMILES string of the molecule is Cc1cc(F)ccc1Nc1c(C(=O)N2CCC(c3ccc(F)cc3)CC2)cnc(S(N)(=O)=O)c1Cl. The van der Waals surface area contributed by atoms with E-state index in [1.165, 1.54) is 30.3 Å². The quantitative estimate of drug-likeness (QED) is 0.506. The van der Waals surface area contributed by atoms with E-state index in [1.807, 2.05) is 0 Å². The second-order valence-corrected chi connectivity index (χ2v) is 10.3. The Morgan fingerprint density at radius 3 is 2.34 bits per heavy atom. The van der Waals surface area contributed by atoms with Gasteiger partial charge in [0.15, 0.2) is 5.03 Å². The first-order valence-electron chi connectivity index (χ1n) is 10.8. The summed E-state index contributed by atoms with van der Waals surface area (Å²) in [6.07, 6.45) is 2.47. The third-order valence-corrected chi connectivity index (χ3v) is 7.39. The molecule has 1 aromatic heterocycles. The van der Waals surface area contributed by atoms with Crippen molar-refractivity contribution in [3.63, 3.8) is 0 Å². The van der Waals surface area contributed by atoms with Gasteiger partial charge < -0.3 is 10.2 Å². The van der Waals surface area contributed by atoms with Crippen molar-refractivity contribution in [1.82, 2.24) is 9.88 Å². The van der Waals surface area contributed by atoms with Crippen LogP contribution in [0.4, 0.5) is 20.2 Å². The Morgan fingerprint density at radius 1 is 1.11 bits per heavy atom. The molecule has 0 spiro atoms. The van der Waals surface area contributed by atoms with Crippen LogP contribution in [0.15, 0.2) is 53.7 Å². The van der Waals surface area contributed by atoms with Gasteiger partial charge in [0, 0.05) is 25.0 Å². The molecule has 4 rings (SSSR count). The highest BCUT2D eigenvalue weighted by atomic mass is 35.5. The molecule has 35 heavy (non-hydrogen) atoms. The summed E-state index contributed by atoms with van der Waals surface area (Å²) in [7, 11) is -4.27. The second-order valence-electron chi connectivity index (χ2n) is 8.41. The lowest BCUT2D eigenvalue weighted by atomic mass is 9.89. The molecule has 1 fully saturated rings. The zero-order valence-corrected chi connectivity index (χ0v) is 20.3. The number of benzene rings is 2. The lowest BCUT2D eigenvalue weighted by Gasteiger charge is -2.33. The van der Waals surface area contributed by atoms with Gasteiger partial charge in [0.25, 0.3) is 15.9 Å². The van der Waals surface area contributed by atoms with Gasteiger partial charge in [-0.15, -0.1) is 0 Å². The molecule has 184 valence electrons. The molecule has 0 atom stereocenters. The molecule has 0 saturated carbocycles. The molecule has 0 radical (unpaired) electrons. The molecule has 1 amide bonds. The average molecular weight is 521 g/mol. The molecule has 3 N–H and O–H groups in total. The molecule has 1 aliphatic rings. The number of piperidine rings is 1. The first kappa shape index (κ1) is 25.0. The third-order valence-electron chi connectivity index (χ3n) is 6.06. The van der Waals surface area contributed by atoms with Crippen LogP contribution in [0.25, 0.3) is 0 Å². The van der Waals surface area contributed by atoms with Crippen molar-refractivity contribution >= 4 is 38.9 Å². The maximum absolute atomic E-state index is 13.6. The van der Waals surface area contributed by atoms with Gasteiger partial charge in [-0.3, -0.25) is 4.79 Å². The summed E-state index contributed by atoms with van der Waals surface area (Å²) in [4.78, 5) is 18.9. The zero-order valence-electron chi connectivity index (χ0n) is 18.8. The van der Waals surface area contributed by atoms with Crippen molar-refractivity contribution < 1.29 is 22.0 Å². The molecular formula is C24H23ClF2N4O3S. The van der Waals surface area contributed by atoms with Gasteiger partial charge in [-0.25, -0.2) is 27.3 Å². The molecule has 0 bridgehead atoms. The Balaban J connectivity index is 1.63. The molecule has 3 aromatic rings. The fourth-order valence-electron chi connectivity index (χ4n) is 4.18. The first-order valence-corrected chi connectivity index (χ1v) is 12.8. The Morgan fingerprint density at radius 2 is 1.74 bits per heavy atom. The smallest absolute Gasteiger partial charge is 0.257 e. The van der Waals surface area contributed by atoms with Crippen molar-refractivity contribution in [2.24, 2.45) is 5.14 Å². The number of sulfonamides is 1. The Kier molecular flexibility index (Phi) is 7.07. The summed E-state index contributed by atoms with van der Waals surface area (Å²) in [6.45, 7) is 2.53. The van der Waals surface area contributed by atoms with Crippen LogP contribution < -0.4 is 10.5 Å². The number of carbonyl (C=O) groups is 1. The number of rotatable bonds is 5. The van der Waals surface area contributed by atoms with E-state index >= 15 is 0 Å². The highest BCUT2D eigenvalue weighted by Crippen LogP contribution is 2.36. The van der Waals surface area contributed by atoms with Gasteiger partial charge in [-0.1, -0.05) is 23.7 Å². The van der Waals surface area contributed by atoms with E-state index in [9.17, 15) is 22.0 Å². The van der Waals surface area contributed by atoms with Crippen LogP contribution in [0.2, 0.25) is 5.02 Å². The summed E-state index contributed by atoms with van der Waals surface area (Å²) in [5, 5.41) is 7.31. The third kappa shape index (κ3) is 5.44.